The number of rotatable bonds is 1. The normalized spacial score (nSPS) is 16.4. The SMILES string of the molecule is O=Cc1cc2c(cc1O)CCN(Br)C2. The van der Waals surface area contributed by atoms with E-state index in [4.69, 9.17) is 0 Å². The highest BCUT2D eigenvalue weighted by Crippen LogP contribution is 2.27. The first-order valence-corrected chi connectivity index (χ1v) is 5.12. The van der Waals surface area contributed by atoms with Crippen molar-refractivity contribution in [3.05, 3.63) is 28.8 Å². The molecule has 0 bridgehead atoms. The molecule has 0 unspecified atom stereocenters. The molecule has 1 aliphatic heterocycles. The summed E-state index contributed by atoms with van der Waals surface area (Å²) in [7, 11) is 0. The Kier molecular flexibility index (Phi) is 2.56. The lowest BCUT2D eigenvalue weighted by molar-refractivity contribution is 0.112. The minimum absolute atomic E-state index is 0.0850. The van der Waals surface area contributed by atoms with E-state index in [-0.39, 0.29) is 5.75 Å². The first kappa shape index (κ1) is 9.68. The smallest absolute Gasteiger partial charge is 0.153 e. The van der Waals surface area contributed by atoms with Gasteiger partial charge in [0.1, 0.15) is 5.75 Å². The van der Waals surface area contributed by atoms with Gasteiger partial charge in [0.2, 0.25) is 0 Å². The Labute approximate surface area is 90.7 Å². The molecule has 0 saturated heterocycles. The largest absolute Gasteiger partial charge is 0.507 e. The summed E-state index contributed by atoms with van der Waals surface area (Å²) in [5.74, 6) is 0.0850. The number of nitrogens with zero attached hydrogens (tertiary/aromatic N) is 1. The van der Waals surface area contributed by atoms with E-state index in [0.717, 1.165) is 30.6 Å². The van der Waals surface area contributed by atoms with Crippen molar-refractivity contribution >= 4 is 22.4 Å². The van der Waals surface area contributed by atoms with E-state index >= 15 is 0 Å². The first-order chi connectivity index (χ1) is 6.70. The zero-order chi connectivity index (χ0) is 10.1. The third-order valence-corrected chi connectivity index (χ3v) is 3.05. The second kappa shape index (κ2) is 3.71. The number of hydrogen-bond acceptors (Lipinski definition) is 3. The molecular formula is C10H10BrNO2. The van der Waals surface area contributed by atoms with Gasteiger partial charge in [-0.2, -0.15) is 0 Å². The number of phenolic OH excluding ortho intramolecular Hbond substituents is 1. The molecule has 74 valence electrons. The maximum Gasteiger partial charge on any atom is 0.153 e. The minimum atomic E-state index is 0.0850. The van der Waals surface area contributed by atoms with Gasteiger partial charge in [0.25, 0.3) is 0 Å². The minimum Gasteiger partial charge on any atom is -0.507 e. The predicted octanol–water partition coefficient (Wildman–Crippen LogP) is 1.87. The van der Waals surface area contributed by atoms with Crippen molar-refractivity contribution < 1.29 is 9.90 Å². The van der Waals surface area contributed by atoms with Crippen LogP contribution in [0.1, 0.15) is 21.5 Å². The van der Waals surface area contributed by atoms with Gasteiger partial charge in [-0.25, -0.2) is 3.93 Å². The third-order valence-electron chi connectivity index (χ3n) is 2.44. The Morgan fingerprint density at radius 1 is 1.43 bits per heavy atom. The van der Waals surface area contributed by atoms with E-state index in [0.29, 0.717) is 11.8 Å². The Hall–Kier alpha value is -0.870. The number of carbonyl (C=O) groups is 1. The standard InChI is InChI=1S/C10H10BrNO2/c11-12-2-1-7-4-10(14)9(6-13)3-8(7)5-12/h3-4,6,14H,1-2,5H2. The average molecular weight is 256 g/mol. The van der Waals surface area contributed by atoms with Crippen LogP contribution >= 0.6 is 16.1 Å². The molecule has 0 radical (unpaired) electrons. The van der Waals surface area contributed by atoms with Gasteiger partial charge in [-0.05, 0) is 29.7 Å². The number of hydrogen-bond donors (Lipinski definition) is 1. The van der Waals surface area contributed by atoms with Gasteiger partial charge >= 0.3 is 0 Å². The summed E-state index contributed by atoms with van der Waals surface area (Å²) in [4.78, 5) is 10.6. The van der Waals surface area contributed by atoms with Crippen LogP contribution in [0.3, 0.4) is 0 Å². The number of fused-ring (bicyclic) bond motifs is 1. The molecule has 14 heavy (non-hydrogen) atoms. The fourth-order valence-corrected chi connectivity index (χ4v) is 2.12. The van der Waals surface area contributed by atoms with Crippen LogP contribution < -0.4 is 0 Å². The number of benzene rings is 1. The molecule has 1 aliphatic rings. The van der Waals surface area contributed by atoms with E-state index in [2.05, 4.69) is 16.1 Å². The van der Waals surface area contributed by atoms with E-state index < -0.39 is 0 Å². The van der Waals surface area contributed by atoms with Crippen molar-refractivity contribution in [2.24, 2.45) is 0 Å². The van der Waals surface area contributed by atoms with Gasteiger partial charge in [-0.3, -0.25) is 4.79 Å². The second-order valence-corrected chi connectivity index (χ2v) is 4.40. The highest BCUT2D eigenvalue weighted by Gasteiger charge is 2.16. The van der Waals surface area contributed by atoms with E-state index in [9.17, 15) is 9.90 Å². The molecule has 1 heterocycles. The topological polar surface area (TPSA) is 40.5 Å². The third kappa shape index (κ3) is 1.67. The maximum absolute atomic E-state index is 10.6. The van der Waals surface area contributed by atoms with Gasteiger partial charge in [-0.1, -0.05) is 0 Å². The van der Waals surface area contributed by atoms with Crippen LogP contribution in [0.4, 0.5) is 0 Å². The Bertz CT molecular complexity index is 379. The predicted molar refractivity (Wildman–Crippen MR) is 56.5 cm³/mol. The van der Waals surface area contributed by atoms with Gasteiger partial charge in [0.05, 0.1) is 5.56 Å². The summed E-state index contributed by atoms with van der Waals surface area (Å²) in [5.41, 5.74) is 2.60. The van der Waals surface area contributed by atoms with Crippen molar-refractivity contribution in [2.75, 3.05) is 6.54 Å². The summed E-state index contributed by atoms with van der Waals surface area (Å²) in [6.07, 6.45) is 1.58. The lowest BCUT2D eigenvalue weighted by atomic mass is 9.98. The van der Waals surface area contributed by atoms with E-state index in [1.54, 1.807) is 12.1 Å². The summed E-state index contributed by atoms with van der Waals surface area (Å²) >= 11 is 3.41. The summed E-state index contributed by atoms with van der Waals surface area (Å²) in [5, 5.41) is 9.48. The van der Waals surface area contributed by atoms with Gasteiger partial charge in [-0.15, -0.1) is 0 Å². The van der Waals surface area contributed by atoms with Gasteiger partial charge < -0.3 is 5.11 Å². The van der Waals surface area contributed by atoms with Crippen LogP contribution in [-0.4, -0.2) is 21.9 Å². The molecule has 0 aliphatic carbocycles. The van der Waals surface area contributed by atoms with Crippen molar-refractivity contribution in [1.82, 2.24) is 3.93 Å². The fraction of sp³-hybridized carbons (Fsp3) is 0.300. The van der Waals surface area contributed by atoms with Crippen LogP contribution in [0.5, 0.6) is 5.75 Å². The summed E-state index contributed by atoms with van der Waals surface area (Å²) in [6.45, 7) is 1.70. The monoisotopic (exact) mass is 255 g/mol. The first-order valence-electron chi connectivity index (χ1n) is 4.41. The molecule has 4 heteroatoms. The number of aldehydes is 1. The molecule has 0 aromatic heterocycles. The Morgan fingerprint density at radius 3 is 2.93 bits per heavy atom. The molecule has 0 saturated carbocycles. The van der Waals surface area contributed by atoms with E-state index in [1.165, 1.54) is 0 Å². The lowest BCUT2D eigenvalue weighted by Gasteiger charge is -2.23. The zero-order valence-electron chi connectivity index (χ0n) is 7.53. The molecule has 0 spiro atoms. The molecule has 3 nitrogen and oxygen atoms in total. The van der Waals surface area contributed by atoms with Crippen LogP contribution in [-0.2, 0) is 13.0 Å². The maximum atomic E-state index is 10.6. The van der Waals surface area contributed by atoms with E-state index in [1.807, 2.05) is 3.93 Å². The zero-order valence-corrected chi connectivity index (χ0v) is 9.12. The van der Waals surface area contributed by atoms with Crippen molar-refractivity contribution in [3.63, 3.8) is 0 Å². The average Bonchev–Trinajstić information content (AvgIpc) is 2.17. The fourth-order valence-electron chi connectivity index (χ4n) is 1.68. The Balaban J connectivity index is 2.46. The molecular weight excluding hydrogens is 246 g/mol. The van der Waals surface area contributed by atoms with Crippen LogP contribution in [0, 0.1) is 0 Å². The number of aromatic hydroxyl groups is 1. The van der Waals surface area contributed by atoms with Crippen molar-refractivity contribution in [2.45, 2.75) is 13.0 Å². The number of halogens is 1. The Morgan fingerprint density at radius 2 is 2.21 bits per heavy atom. The molecule has 1 N–H and O–H groups in total. The number of carbonyl (C=O) groups excluding carboxylic acids is 1. The second-order valence-electron chi connectivity index (χ2n) is 3.39. The van der Waals surface area contributed by atoms with Crippen molar-refractivity contribution in [1.29, 1.82) is 0 Å². The lowest BCUT2D eigenvalue weighted by Crippen LogP contribution is -2.21. The molecule has 1 aromatic rings. The highest BCUT2D eigenvalue weighted by atomic mass is 79.9. The van der Waals surface area contributed by atoms with Crippen LogP contribution in [0.15, 0.2) is 12.1 Å². The summed E-state index contributed by atoms with van der Waals surface area (Å²) < 4.78 is 2.01. The van der Waals surface area contributed by atoms with Crippen molar-refractivity contribution in [3.8, 4) is 5.75 Å². The van der Waals surface area contributed by atoms with Crippen LogP contribution in [0.2, 0.25) is 0 Å². The molecule has 0 amide bonds. The number of phenols is 1. The molecule has 0 fully saturated rings. The summed E-state index contributed by atoms with van der Waals surface area (Å²) in [6, 6.07) is 3.45. The van der Waals surface area contributed by atoms with Crippen LogP contribution in [0.25, 0.3) is 0 Å². The molecule has 2 rings (SSSR count). The highest BCUT2D eigenvalue weighted by molar-refractivity contribution is 9.07. The molecule has 0 atom stereocenters. The van der Waals surface area contributed by atoms with Gasteiger partial charge in [0, 0.05) is 29.2 Å². The molecule has 1 aromatic carbocycles. The quantitative estimate of drug-likeness (QED) is 0.616. The van der Waals surface area contributed by atoms with Gasteiger partial charge in [0.15, 0.2) is 6.29 Å².